The largest absolute Gasteiger partial charge is 0.462 e. The summed E-state index contributed by atoms with van der Waals surface area (Å²) in [6.45, 7) is 9.78. The predicted octanol–water partition coefficient (Wildman–Crippen LogP) is 2.46. The van der Waals surface area contributed by atoms with Crippen LogP contribution >= 0.6 is 0 Å². The van der Waals surface area contributed by atoms with Crippen molar-refractivity contribution in [3.8, 4) is 0 Å². The number of carbonyl (C=O) groups excluding carboxylic acids is 3. The molecular formula is C17H28N2O4. The Morgan fingerprint density at radius 3 is 2.35 bits per heavy atom. The van der Waals surface area contributed by atoms with Gasteiger partial charge in [0.2, 0.25) is 0 Å². The third-order valence-electron chi connectivity index (χ3n) is 4.96. The molecule has 0 aromatic carbocycles. The highest BCUT2D eigenvalue weighted by Gasteiger charge is 2.53. The number of carbonyl (C=O) groups is 3. The van der Waals surface area contributed by atoms with Gasteiger partial charge in [0.1, 0.15) is 12.1 Å². The third kappa shape index (κ3) is 3.67. The number of hydrogen-bond donors (Lipinski definition) is 1. The fourth-order valence-electron chi connectivity index (χ4n) is 3.56. The van der Waals surface area contributed by atoms with Gasteiger partial charge >= 0.3 is 12.0 Å². The molecule has 3 amide bonds. The van der Waals surface area contributed by atoms with Crippen molar-refractivity contribution in [2.75, 3.05) is 6.54 Å². The Labute approximate surface area is 137 Å². The highest BCUT2D eigenvalue weighted by molar-refractivity contribution is 6.08. The molecule has 6 nitrogen and oxygen atoms in total. The molecule has 1 heterocycles. The Morgan fingerprint density at radius 2 is 1.87 bits per heavy atom. The van der Waals surface area contributed by atoms with Crippen LogP contribution in [-0.2, 0) is 14.3 Å². The summed E-state index contributed by atoms with van der Waals surface area (Å²) in [6, 6.07) is -0.482. The van der Waals surface area contributed by atoms with E-state index < -0.39 is 17.5 Å². The van der Waals surface area contributed by atoms with Gasteiger partial charge in [-0.25, -0.2) is 4.79 Å². The predicted molar refractivity (Wildman–Crippen MR) is 85.6 cm³/mol. The second-order valence-electron chi connectivity index (χ2n) is 8.08. The van der Waals surface area contributed by atoms with Crippen molar-refractivity contribution in [3.05, 3.63) is 0 Å². The van der Waals surface area contributed by atoms with E-state index in [0.29, 0.717) is 18.8 Å². The first-order chi connectivity index (χ1) is 10.5. The Hall–Kier alpha value is -1.59. The van der Waals surface area contributed by atoms with E-state index >= 15 is 0 Å². The van der Waals surface area contributed by atoms with E-state index in [4.69, 9.17) is 4.74 Å². The number of nitrogens with one attached hydrogen (secondary N) is 1. The molecule has 1 N–H and O–H groups in total. The average Bonchev–Trinajstić information content (AvgIpc) is 2.62. The van der Waals surface area contributed by atoms with Crippen molar-refractivity contribution in [1.82, 2.24) is 10.2 Å². The molecule has 0 atom stereocenters. The average molecular weight is 324 g/mol. The van der Waals surface area contributed by atoms with Gasteiger partial charge in [0.15, 0.2) is 0 Å². The molecule has 1 aliphatic carbocycles. The standard InChI is InChI=1S/C17H28N2O4/c1-11(2)23-13(20)10-19-14(21)17(18-15(19)22)8-6-12(7-9-17)16(3,4)5/h11-12H,6-10H2,1-5H3,(H,18,22). The highest BCUT2D eigenvalue weighted by Crippen LogP contribution is 2.43. The Bertz CT molecular complexity index is 499. The third-order valence-corrected chi connectivity index (χ3v) is 4.96. The van der Waals surface area contributed by atoms with Crippen LogP contribution in [0, 0.1) is 11.3 Å². The van der Waals surface area contributed by atoms with Crippen LogP contribution in [0.5, 0.6) is 0 Å². The van der Waals surface area contributed by atoms with Gasteiger partial charge in [-0.05, 0) is 50.9 Å². The van der Waals surface area contributed by atoms with E-state index in [1.807, 2.05) is 0 Å². The summed E-state index contributed by atoms with van der Waals surface area (Å²) in [4.78, 5) is 37.6. The zero-order chi connectivity index (χ0) is 17.4. The van der Waals surface area contributed by atoms with Crippen LogP contribution in [0.15, 0.2) is 0 Å². The van der Waals surface area contributed by atoms with Crippen LogP contribution < -0.4 is 5.32 Å². The molecule has 1 aliphatic heterocycles. The smallest absolute Gasteiger partial charge is 0.326 e. The minimum absolute atomic E-state index is 0.202. The molecule has 2 aliphatic rings. The lowest BCUT2D eigenvalue weighted by atomic mass is 9.67. The van der Waals surface area contributed by atoms with Crippen LogP contribution in [0.1, 0.15) is 60.3 Å². The summed E-state index contributed by atoms with van der Waals surface area (Å²) in [5.74, 6) is -0.294. The lowest BCUT2D eigenvalue weighted by molar-refractivity contribution is -0.151. The molecule has 2 rings (SSSR count). The molecular weight excluding hydrogens is 296 g/mol. The molecule has 1 saturated carbocycles. The van der Waals surface area contributed by atoms with Gasteiger partial charge in [-0.15, -0.1) is 0 Å². The number of amides is 3. The molecule has 23 heavy (non-hydrogen) atoms. The molecule has 0 bridgehead atoms. The number of rotatable bonds is 3. The molecule has 0 unspecified atom stereocenters. The van der Waals surface area contributed by atoms with E-state index in [1.165, 1.54) is 0 Å². The summed E-state index contributed by atoms with van der Waals surface area (Å²) >= 11 is 0. The fourth-order valence-corrected chi connectivity index (χ4v) is 3.56. The van der Waals surface area contributed by atoms with Crippen molar-refractivity contribution in [2.24, 2.45) is 11.3 Å². The second kappa shape index (κ2) is 6.13. The number of ether oxygens (including phenoxy) is 1. The highest BCUT2D eigenvalue weighted by atomic mass is 16.5. The molecule has 2 fully saturated rings. The molecule has 6 heteroatoms. The van der Waals surface area contributed by atoms with Gasteiger partial charge in [0.25, 0.3) is 5.91 Å². The van der Waals surface area contributed by atoms with E-state index in [2.05, 4.69) is 26.1 Å². The van der Waals surface area contributed by atoms with Crippen molar-refractivity contribution in [2.45, 2.75) is 71.9 Å². The maximum absolute atomic E-state index is 12.7. The minimum Gasteiger partial charge on any atom is -0.462 e. The molecule has 0 radical (unpaired) electrons. The van der Waals surface area contributed by atoms with Crippen LogP contribution in [0.2, 0.25) is 0 Å². The molecule has 0 aromatic rings. The quantitative estimate of drug-likeness (QED) is 0.639. The van der Waals surface area contributed by atoms with Crippen LogP contribution in [-0.4, -0.2) is 41.0 Å². The van der Waals surface area contributed by atoms with Gasteiger partial charge in [-0.2, -0.15) is 0 Å². The number of imide groups is 1. The van der Waals surface area contributed by atoms with Gasteiger partial charge < -0.3 is 10.1 Å². The number of esters is 1. The number of nitrogens with zero attached hydrogens (tertiary/aromatic N) is 1. The number of urea groups is 1. The first-order valence-corrected chi connectivity index (χ1v) is 8.39. The maximum Gasteiger partial charge on any atom is 0.326 e. The molecule has 0 aromatic heterocycles. The number of hydrogen-bond acceptors (Lipinski definition) is 4. The lowest BCUT2D eigenvalue weighted by Gasteiger charge is -2.40. The molecule has 130 valence electrons. The minimum atomic E-state index is -0.822. The second-order valence-corrected chi connectivity index (χ2v) is 8.08. The van der Waals surface area contributed by atoms with Gasteiger partial charge in [-0.3, -0.25) is 14.5 Å². The first-order valence-electron chi connectivity index (χ1n) is 8.39. The van der Waals surface area contributed by atoms with E-state index in [9.17, 15) is 14.4 Å². The van der Waals surface area contributed by atoms with Crippen LogP contribution in [0.25, 0.3) is 0 Å². The fraction of sp³-hybridized carbons (Fsp3) is 0.824. The van der Waals surface area contributed by atoms with E-state index in [-0.39, 0.29) is 24.0 Å². The first kappa shape index (κ1) is 17.8. The summed E-state index contributed by atoms with van der Waals surface area (Å²) in [6.07, 6.45) is 2.81. The van der Waals surface area contributed by atoms with Crippen molar-refractivity contribution in [1.29, 1.82) is 0 Å². The Balaban J connectivity index is 2.03. The van der Waals surface area contributed by atoms with Crippen LogP contribution in [0.3, 0.4) is 0 Å². The van der Waals surface area contributed by atoms with Crippen molar-refractivity contribution in [3.63, 3.8) is 0 Å². The van der Waals surface area contributed by atoms with Crippen molar-refractivity contribution >= 4 is 17.9 Å². The van der Waals surface area contributed by atoms with Gasteiger partial charge in [-0.1, -0.05) is 20.8 Å². The molecule has 1 saturated heterocycles. The zero-order valence-electron chi connectivity index (χ0n) is 14.8. The Morgan fingerprint density at radius 1 is 1.30 bits per heavy atom. The Kier molecular flexibility index (Phi) is 4.74. The monoisotopic (exact) mass is 324 g/mol. The summed E-state index contributed by atoms with van der Waals surface area (Å²) in [5, 5.41) is 2.83. The normalized spacial score (nSPS) is 28.4. The lowest BCUT2D eigenvalue weighted by Crippen LogP contribution is -2.50. The molecule has 1 spiro atoms. The van der Waals surface area contributed by atoms with Crippen LogP contribution in [0.4, 0.5) is 4.79 Å². The summed E-state index contributed by atoms with van der Waals surface area (Å²) in [7, 11) is 0. The summed E-state index contributed by atoms with van der Waals surface area (Å²) in [5.41, 5.74) is -0.620. The van der Waals surface area contributed by atoms with Crippen molar-refractivity contribution < 1.29 is 19.1 Å². The summed E-state index contributed by atoms with van der Waals surface area (Å²) < 4.78 is 5.03. The van der Waals surface area contributed by atoms with Gasteiger partial charge in [0.05, 0.1) is 6.10 Å². The van der Waals surface area contributed by atoms with E-state index in [0.717, 1.165) is 17.7 Å². The SMILES string of the molecule is CC(C)OC(=O)CN1C(=O)NC2(CCC(C(C)(C)C)CC2)C1=O. The maximum atomic E-state index is 12.7. The van der Waals surface area contributed by atoms with Gasteiger partial charge in [0, 0.05) is 0 Å². The topological polar surface area (TPSA) is 75.7 Å². The van der Waals surface area contributed by atoms with E-state index in [1.54, 1.807) is 13.8 Å². The zero-order valence-corrected chi connectivity index (χ0v) is 14.8.